The molecular formula is C14H20IN3S. The van der Waals surface area contributed by atoms with Gasteiger partial charge in [-0.25, -0.2) is 0 Å². The second kappa shape index (κ2) is 6.37. The van der Waals surface area contributed by atoms with Crippen LogP contribution < -0.4 is 0 Å². The van der Waals surface area contributed by atoms with E-state index in [4.69, 9.17) is 12.2 Å². The Balaban J connectivity index is 2.39. The van der Waals surface area contributed by atoms with Gasteiger partial charge in [-0.15, -0.1) is 0 Å². The van der Waals surface area contributed by atoms with Crippen LogP contribution in [-0.2, 0) is 0 Å². The van der Waals surface area contributed by atoms with Crippen LogP contribution in [0.2, 0.25) is 0 Å². The smallest absolute Gasteiger partial charge is 0.178 e. The van der Waals surface area contributed by atoms with E-state index in [9.17, 15) is 0 Å². The molecule has 1 N–H and O–H groups in total. The third-order valence-electron chi connectivity index (χ3n) is 3.54. The third kappa shape index (κ3) is 3.20. The zero-order valence-corrected chi connectivity index (χ0v) is 14.6. The van der Waals surface area contributed by atoms with Gasteiger partial charge in [-0.2, -0.15) is 0 Å². The van der Waals surface area contributed by atoms with Crippen molar-refractivity contribution in [2.75, 3.05) is 19.6 Å². The summed E-state index contributed by atoms with van der Waals surface area (Å²) in [7, 11) is 0. The van der Waals surface area contributed by atoms with Gasteiger partial charge in [0.1, 0.15) is 0 Å². The van der Waals surface area contributed by atoms with E-state index in [1.807, 2.05) is 0 Å². The van der Waals surface area contributed by atoms with Crippen molar-refractivity contribution >= 4 is 45.8 Å². The molecular weight excluding hydrogens is 369 g/mol. The molecule has 0 bridgehead atoms. The number of aromatic nitrogens is 2. The number of imidazole rings is 1. The quantitative estimate of drug-likeness (QED) is 0.612. The lowest BCUT2D eigenvalue weighted by atomic mass is 10.2. The highest BCUT2D eigenvalue weighted by Crippen LogP contribution is 2.21. The highest BCUT2D eigenvalue weighted by atomic mass is 127. The van der Waals surface area contributed by atoms with Crippen LogP contribution in [0.1, 0.15) is 26.8 Å². The predicted molar refractivity (Wildman–Crippen MR) is 92.3 cm³/mol. The molecule has 1 unspecified atom stereocenters. The summed E-state index contributed by atoms with van der Waals surface area (Å²) in [6.07, 6.45) is 0. The maximum atomic E-state index is 5.48. The minimum Gasteiger partial charge on any atom is -0.331 e. The third-order valence-corrected chi connectivity index (χ3v) is 4.51. The molecule has 2 aromatic rings. The number of hydrogen-bond donors (Lipinski definition) is 1. The van der Waals surface area contributed by atoms with Gasteiger partial charge >= 0.3 is 0 Å². The van der Waals surface area contributed by atoms with Crippen LogP contribution in [0.15, 0.2) is 18.2 Å². The summed E-state index contributed by atoms with van der Waals surface area (Å²) >= 11 is 7.81. The van der Waals surface area contributed by atoms with Crippen molar-refractivity contribution in [1.29, 1.82) is 0 Å². The van der Waals surface area contributed by atoms with Crippen LogP contribution in [0.25, 0.3) is 11.0 Å². The molecule has 1 atom stereocenters. The van der Waals surface area contributed by atoms with Gasteiger partial charge in [-0.05, 0) is 73.0 Å². The lowest BCUT2D eigenvalue weighted by molar-refractivity contribution is 0.262. The number of benzene rings is 1. The highest BCUT2D eigenvalue weighted by molar-refractivity contribution is 14.1. The highest BCUT2D eigenvalue weighted by Gasteiger charge is 2.13. The monoisotopic (exact) mass is 389 g/mol. The molecule has 5 heteroatoms. The molecule has 3 nitrogen and oxygen atoms in total. The summed E-state index contributed by atoms with van der Waals surface area (Å²) in [5.74, 6) is 0. The largest absolute Gasteiger partial charge is 0.331 e. The van der Waals surface area contributed by atoms with Gasteiger partial charge in [0.05, 0.1) is 11.0 Å². The van der Waals surface area contributed by atoms with Crippen LogP contribution in [0.4, 0.5) is 0 Å². The average Bonchev–Trinajstić information content (AvgIpc) is 2.70. The first-order chi connectivity index (χ1) is 9.06. The van der Waals surface area contributed by atoms with E-state index in [2.05, 4.69) is 76.0 Å². The molecule has 0 amide bonds. The topological polar surface area (TPSA) is 24.0 Å². The van der Waals surface area contributed by atoms with Gasteiger partial charge in [0.25, 0.3) is 0 Å². The van der Waals surface area contributed by atoms with Crippen LogP contribution in [-0.4, -0.2) is 34.1 Å². The Morgan fingerprint density at radius 1 is 1.37 bits per heavy atom. The zero-order valence-electron chi connectivity index (χ0n) is 11.6. The minimum atomic E-state index is 0.376. The molecule has 0 saturated carbocycles. The van der Waals surface area contributed by atoms with Crippen LogP contribution >= 0.6 is 34.8 Å². The van der Waals surface area contributed by atoms with Gasteiger partial charge < -0.3 is 14.5 Å². The van der Waals surface area contributed by atoms with Crippen molar-refractivity contribution in [3.63, 3.8) is 0 Å². The summed E-state index contributed by atoms with van der Waals surface area (Å²) in [4.78, 5) is 5.74. The van der Waals surface area contributed by atoms with E-state index < -0.39 is 0 Å². The number of likely N-dealkylation sites (N-methyl/N-ethyl adjacent to an activating group) is 1. The second-order valence-corrected chi connectivity index (χ2v) is 6.43. The zero-order chi connectivity index (χ0) is 14.0. The van der Waals surface area contributed by atoms with Crippen molar-refractivity contribution in [2.24, 2.45) is 0 Å². The van der Waals surface area contributed by atoms with Crippen LogP contribution in [0.3, 0.4) is 0 Å². The molecule has 0 radical (unpaired) electrons. The maximum Gasteiger partial charge on any atom is 0.178 e. The number of aromatic amines is 1. The fourth-order valence-electron chi connectivity index (χ4n) is 2.48. The first kappa shape index (κ1) is 15.0. The Bertz CT molecular complexity index is 613. The Kier molecular flexibility index (Phi) is 5.03. The number of halogens is 1. The maximum absolute atomic E-state index is 5.48. The molecule has 0 saturated heterocycles. The number of fused-ring (bicyclic) bond motifs is 1. The van der Waals surface area contributed by atoms with E-state index in [1.54, 1.807) is 0 Å². The van der Waals surface area contributed by atoms with Gasteiger partial charge in [0, 0.05) is 16.2 Å². The summed E-state index contributed by atoms with van der Waals surface area (Å²) < 4.78 is 4.28. The average molecular weight is 389 g/mol. The van der Waals surface area contributed by atoms with E-state index in [1.165, 1.54) is 9.09 Å². The summed E-state index contributed by atoms with van der Waals surface area (Å²) in [5.41, 5.74) is 2.33. The fourth-order valence-corrected chi connectivity index (χ4v) is 3.36. The van der Waals surface area contributed by atoms with Crippen molar-refractivity contribution < 1.29 is 0 Å². The normalized spacial score (nSPS) is 13.3. The minimum absolute atomic E-state index is 0.376. The second-order valence-electron chi connectivity index (χ2n) is 4.80. The Hall–Kier alpha value is -0.400. The number of hydrogen-bond acceptors (Lipinski definition) is 2. The van der Waals surface area contributed by atoms with Crippen molar-refractivity contribution in [3.05, 3.63) is 26.5 Å². The molecule has 0 spiro atoms. The molecule has 1 aromatic heterocycles. The Morgan fingerprint density at radius 3 is 2.68 bits per heavy atom. The van der Waals surface area contributed by atoms with Crippen LogP contribution in [0.5, 0.6) is 0 Å². The lowest BCUT2D eigenvalue weighted by Gasteiger charge is -2.24. The molecule has 0 fully saturated rings. The Labute approximate surface area is 133 Å². The molecule has 0 aliphatic heterocycles. The molecule has 1 heterocycles. The van der Waals surface area contributed by atoms with Crippen molar-refractivity contribution in [1.82, 2.24) is 14.5 Å². The fraction of sp³-hybridized carbons (Fsp3) is 0.500. The standard InChI is InChI=1S/C14H20IN3S/c1-4-17(5-2)9-10(3)18-13-7-6-11(15)8-12(13)16-14(18)19/h6-8,10H,4-5,9H2,1-3H3,(H,16,19). The molecule has 2 rings (SSSR count). The lowest BCUT2D eigenvalue weighted by Crippen LogP contribution is -2.29. The molecule has 104 valence electrons. The SMILES string of the molecule is CCN(CC)CC(C)n1c(=S)[nH]c2cc(I)ccc21. The molecule has 1 aromatic carbocycles. The number of nitrogens with zero attached hydrogens (tertiary/aromatic N) is 2. The summed E-state index contributed by atoms with van der Waals surface area (Å²) in [5, 5.41) is 0. The van der Waals surface area contributed by atoms with E-state index in [-0.39, 0.29) is 0 Å². The Morgan fingerprint density at radius 2 is 2.05 bits per heavy atom. The summed E-state index contributed by atoms with van der Waals surface area (Å²) in [6, 6.07) is 6.81. The van der Waals surface area contributed by atoms with Crippen molar-refractivity contribution in [2.45, 2.75) is 26.8 Å². The van der Waals surface area contributed by atoms with Gasteiger partial charge in [0.2, 0.25) is 0 Å². The molecule has 0 aliphatic carbocycles. The van der Waals surface area contributed by atoms with E-state index in [0.29, 0.717) is 6.04 Å². The molecule has 19 heavy (non-hydrogen) atoms. The molecule has 0 aliphatic rings. The van der Waals surface area contributed by atoms with Gasteiger partial charge in [0.15, 0.2) is 4.77 Å². The first-order valence-corrected chi connectivity index (χ1v) is 8.17. The number of H-pyrrole nitrogens is 1. The van der Waals surface area contributed by atoms with Gasteiger partial charge in [-0.3, -0.25) is 0 Å². The van der Waals surface area contributed by atoms with E-state index >= 15 is 0 Å². The number of rotatable bonds is 5. The van der Waals surface area contributed by atoms with Crippen LogP contribution in [0, 0.1) is 8.34 Å². The summed E-state index contributed by atoms with van der Waals surface area (Å²) in [6.45, 7) is 9.82. The first-order valence-electron chi connectivity index (χ1n) is 6.69. The number of nitrogens with one attached hydrogen (secondary N) is 1. The van der Waals surface area contributed by atoms with Gasteiger partial charge in [-0.1, -0.05) is 13.8 Å². The van der Waals surface area contributed by atoms with E-state index in [0.717, 1.165) is 29.9 Å². The predicted octanol–water partition coefficient (Wildman–Crippen LogP) is 4.21. The van der Waals surface area contributed by atoms with Crippen molar-refractivity contribution in [3.8, 4) is 0 Å².